The summed E-state index contributed by atoms with van der Waals surface area (Å²) in [7, 11) is 4.10. The number of nitrogens with two attached hydrogens (primary N) is 1. The van der Waals surface area contributed by atoms with Crippen molar-refractivity contribution in [1.82, 2.24) is 19.9 Å². The number of aromatic nitrogens is 3. The number of nitrogens with one attached hydrogen (secondary N) is 2. The molecular formula is C24H30N6O2. The van der Waals surface area contributed by atoms with E-state index in [9.17, 15) is 4.79 Å². The van der Waals surface area contributed by atoms with E-state index in [2.05, 4.69) is 69.6 Å². The van der Waals surface area contributed by atoms with Gasteiger partial charge in [-0.3, -0.25) is 9.69 Å². The quantitative estimate of drug-likeness (QED) is 0.323. The van der Waals surface area contributed by atoms with E-state index in [0.29, 0.717) is 6.42 Å². The van der Waals surface area contributed by atoms with Crippen molar-refractivity contribution in [2.75, 3.05) is 19.4 Å². The van der Waals surface area contributed by atoms with Crippen molar-refractivity contribution in [2.24, 2.45) is 5.73 Å². The third-order valence-corrected chi connectivity index (χ3v) is 5.72. The second-order valence-electron chi connectivity index (χ2n) is 8.36. The van der Waals surface area contributed by atoms with Crippen LogP contribution >= 0.6 is 0 Å². The number of ketones is 1. The number of benzene rings is 1. The fourth-order valence-corrected chi connectivity index (χ4v) is 3.81. The van der Waals surface area contributed by atoms with E-state index < -0.39 is 0 Å². The molecule has 32 heavy (non-hydrogen) atoms. The Bertz CT molecular complexity index is 1070. The van der Waals surface area contributed by atoms with Crippen molar-refractivity contribution < 1.29 is 9.21 Å². The number of likely N-dealkylation sites (N-methyl/N-ethyl adjacent to an activating group) is 1. The third kappa shape index (κ3) is 5.15. The Morgan fingerprint density at radius 1 is 1.25 bits per heavy atom. The van der Waals surface area contributed by atoms with E-state index in [0.717, 1.165) is 54.0 Å². The van der Waals surface area contributed by atoms with E-state index in [1.807, 2.05) is 6.20 Å². The van der Waals surface area contributed by atoms with Crippen LogP contribution in [0.1, 0.15) is 60.2 Å². The van der Waals surface area contributed by atoms with Gasteiger partial charge in [0.05, 0.1) is 30.3 Å². The summed E-state index contributed by atoms with van der Waals surface area (Å²) in [5, 5.41) is 3.51. The molecule has 4 rings (SSSR count). The predicted octanol–water partition coefficient (Wildman–Crippen LogP) is 4.22. The van der Waals surface area contributed by atoms with Gasteiger partial charge in [-0.1, -0.05) is 25.0 Å². The summed E-state index contributed by atoms with van der Waals surface area (Å²) in [6.45, 7) is 0. The van der Waals surface area contributed by atoms with Crippen LogP contribution in [-0.2, 0) is 0 Å². The van der Waals surface area contributed by atoms with Crippen LogP contribution in [0.5, 0.6) is 0 Å². The number of aromatic amines is 1. The summed E-state index contributed by atoms with van der Waals surface area (Å²) in [4.78, 5) is 25.8. The lowest BCUT2D eigenvalue weighted by atomic mass is 10.0. The minimum atomic E-state index is -0.161. The van der Waals surface area contributed by atoms with Crippen LogP contribution in [-0.4, -0.2) is 45.9 Å². The molecule has 1 unspecified atom stereocenters. The Balaban J connectivity index is 1.28. The molecule has 1 aliphatic rings. The molecule has 0 radical (unpaired) electrons. The van der Waals surface area contributed by atoms with Crippen LogP contribution in [0.15, 0.2) is 47.3 Å². The van der Waals surface area contributed by atoms with Gasteiger partial charge in [-0.2, -0.15) is 0 Å². The van der Waals surface area contributed by atoms with Crippen LogP contribution in [0, 0.1) is 0 Å². The van der Waals surface area contributed by atoms with E-state index >= 15 is 0 Å². The lowest BCUT2D eigenvalue weighted by Crippen LogP contribution is -2.34. The van der Waals surface area contributed by atoms with Crippen molar-refractivity contribution >= 4 is 17.5 Å². The Hall–Kier alpha value is -3.23. The molecule has 8 heteroatoms. The maximum atomic E-state index is 11.9. The number of H-pyrrole nitrogens is 1. The lowest BCUT2D eigenvalue weighted by molar-refractivity contribution is 0.0945. The van der Waals surface area contributed by atoms with E-state index in [4.69, 9.17) is 10.2 Å². The number of anilines is 1. The van der Waals surface area contributed by atoms with Crippen LogP contribution in [0.2, 0.25) is 0 Å². The minimum absolute atomic E-state index is 0.0534. The van der Waals surface area contributed by atoms with Crippen LogP contribution in [0.4, 0.5) is 5.69 Å². The molecule has 0 fully saturated rings. The van der Waals surface area contributed by atoms with E-state index in [1.165, 1.54) is 12.5 Å². The van der Waals surface area contributed by atoms with Crippen LogP contribution < -0.4 is 11.1 Å². The molecule has 0 aliphatic carbocycles. The maximum Gasteiger partial charge on any atom is 0.263 e. The molecule has 4 N–H and O–H groups in total. The number of Topliss-reactive ketones (excluding diaryl/α,β-unsaturated/α-hetero) is 1. The first kappa shape index (κ1) is 22.0. The highest BCUT2D eigenvalue weighted by atomic mass is 16.3. The molecule has 0 bridgehead atoms. The first-order valence-electron chi connectivity index (χ1n) is 11.0. The zero-order valence-corrected chi connectivity index (χ0v) is 18.5. The zero-order chi connectivity index (χ0) is 22.5. The first-order chi connectivity index (χ1) is 15.5. The third-order valence-electron chi connectivity index (χ3n) is 5.72. The van der Waals surface area contributed by atoms with Crippen molar-refractivity contribution in [3.63, 3.8) is 0 Å². The largest absolute Gasteiger partial charge is 0.442 e. The maximum absolute atomic E-state index is 11.9. The molecule has 1 aromatic carbocycles. The topological polar surface area (TPSA) is 113 Å². The average Bonchev–Trinajstić information content (AvgIpc) is 3.50. The Labute approximate surface area is 187 Å². The van der Waals surface area contributed by atoms with Gasteiger partial charge < -0.3 is 20.5 Å². The molecule has 8 nitrogen and oxygen atoms in total. The van der Waals surface area contributed by atoms with Crippen molar-refractivity contribution in [3.8, 4) is 11.3 Å². The molecule has 168 valence electrons. The molecule has 2 aromatic heterocycles. The lowest BCUT2D eigenvalue weighted by Gasteiger charge is -2.27. The number of carbonyl (C=O) groups is 1. The van der Waals surface area contributed by atoms with Gasteiger partial charge in [0, 0.05) is 17.7 Å². The molecule has 1 aliphatic heterocycles. The molecule has 2 atom stereocenters. The standard InChI is InChI=1S/C24H30N6O2/c1-30(2)22-11-9-16-14-17(8-10-19(16)28-22)20-15-27-23(29-20)18(25)6-4-3-5-7-21(31)24-26-12-13-32-24/h8-15,18,22,28H,3-7,25H2,1-2H3,(H,27,29)/t18-,22?/m0/s1. The van der Waals surface area contributed by atoms with Crippen molar-refractivity contribution in [3.05, 3.63) is 60.2 Å². The monoisotopic (exact) mass is 434 g/mol. The molecule has 0 saturated carbocycles. The number of fused-ring (bicyclic) bond motifs is 1. The van der Waals surface area contributed by atoms with E-state index in [-0.39, 0.29) is 23.9 Å². The molecular weight excluding hydrogens is 404 g/mol. The molecule has 0 saturated heterocycles. The second-order valence-corrected chi connectivity index (χ2v) is 8.36. The summed E-state index contributed by atoms with van der Waals surface area (Å²) < 4.78 is 5.03. The van der Waals surface area contributed by atoms with Gasteiger partial charge in [0.25, 0.3) is 5.89 Å². The van der Waals surface area contributed by atoms with Crippen LogP contribution in [0.25, 0.3) is 17.3 Å². The van der Waals surface area contributed by atoms with Crippen molar-refractivity contribution in [2.45, 2.75) is 44.3 Å². The zero-order valence-electron chi connectivity index (χ0n) is 18.5. The SMILES string of the molecule is CN(C)C1C=Cc2cc(-c3cnc([C@@H](N)CCCCCC(=O)c4ncco4)[nH]3)ccc2N1. The summed E-state index contributed by atoms with van der Waals surface area (Å²) in [6.07, 6.45) is 13.1. The van der Waals surface area contributed by atoms with Gasteiger partial charge in [-0.05, 0) is 50.7 Å². The number of nitrogens with zero attached hydrogens (tertiary/aromatic N) is 3. The van der Waals surface area contributed by atoms with Gasteiger partial charge in [0.1, 0.15) is 12.1 Å². The molecule has 0 amide bonds. The van der Waals surface area contributed by atoms with Crippen molar-refractivity contribution in [1.29, 1.82) is 0 Å². The number of imidazole rings is 1. The predicted molar refractivity (Wildman–Crippen MR) is 125 cm³/mol. The Morgan fingerprint density at radius 2 is 2.12 bits per heavy atom. The molecule has 0 spiro atoms. The highest BCUT2D eigenvalue weighted by molar-refractivity contribution is 5.91. The van der Waals surface area contributed by atoms with Gasteiger partial charge in [-0.25, -0.2) is 9.97 Å². The number of rotatable bonds is 10. The highest BCUT2D eigenvalue weighted by Crippen LogP contribution is 2.29. The Kier molecular flexibility index (Phi) is 6.82. The Morgan fingerprint density at radius 3 is 2.91 bits per heavy atom. The van der Waals surface area contributed by atoms with Gasteiger partial charge >= 0.3 is 0 Å². The fourth-order valence-electron chi connectivity index (χ4n) is 3.81. The van der Waals surface area contributed by atoms with E-state index in [1.54, 1.807) is 0 Å². The number of oxazole rings is 1. The fraction of sp³-hybridized carbons (Fsp3) is 0.375. The first-order valence-corrected chi connectivity index (χ1v) is 11.0. The smallest absolute Gasteiger partial charge is 0.263 e. The summed E-state index contributed by atoms with van der Waals surface area (Å²) in [5.41, 5.74) is 10.7. The molecule has 3 aromatic rings. The summed E-state index contributed by atoms with van der Waals surface area (Å²) >= 11 is 0. The van der Waals surface area contributed by atoms with Gasteiger partial charge in [0.15, 0.2) is 0 Å². The summed E-state index contributed by atoms with van der Waals surface area (Å²) in [5.74, 6) is 0.924. The van der Waals surface area contributed by atoms with Gasteiger partial charge in [0.2, 0.25) is 5.78 Å². The number of unbranched alkanes of at least 4 members (excludes halogenated alkanes) is 2. The number of hydrogen-bond acceptors (Lipinski definition) is 7. The van der Waals surface area contributed by atoms with Crippen LogP contribution in [0.3, 0.4) is 0 Å². The summed E-state index contributed by atoms with van der Waals surface area (Å²) in [6, 6.07) is 6.18. The number of carbonyl (C=O) groups excluding carboxylic acids is 1. The average molecular weight is 435 g/mol. The minimum Gasteiger partial charge on any atom is -0.442 e. The normalized spacial score (nSPS) is 16.1. The van der Waals surface area contributed by atoms with Gasteiger partial charge in [-0.15, -0.1) is 0 Å². The molecule has 3 heterocycles. The number of hydrogen-bond donors (Lipinski definition) is 3. The highest BCUT2D eigenvalue weighted by Gasteiger charge is 2.16. The second kappa shape index (κ2) is 9.93.